The summed E-state index contributed by atoms with van der Waals surface area (Å²) < 4.78 is 88.5. The average molecular weight is 1030 g/mol. The topological polar surface area (TPSA) is 289 Å². The zero-order valence-electron chi connectivity index (χ0n) is 39.7. The van der Waals surface area contributed by atoms with Gasteiger partial charge in [0.15, 0.2) is 30.5 Å². The minimum absolute atomic E-state index is 0.0119. The molecule has 0 fully saturated rings. The third-order valence-electron chi connectivity index (χ3n) is 9.78. The molecule has 1 aliphatic heterocycles. The molecule has 390 valence electrons. The van der Waals surface area contributed by atoms with Crippen LogP contribution in [0.4, 0.5) is 20.2 Å². The molecule has 3 aromatic carbocycles. The quantitative estimate of drug-likeness (QED) is 0.0258. The molecule has 0 saturated carbocycles. The predicted molar refractivity (Wildman–Crippen MR) is 245 cm³/mol. The number of nitrogens with zero attached hydrogens (tertiary/aromatic N) is 2. The molecular weight excluding hydrogens is 979 g/mol. The molecule has 1 atom stereocenters. The van der Waals surface area contributed by atoms with E-state index in [1.807, 2.05) is 0 Å². The number of fused-ring (bicyclic) bond motifs is 2. The van der Waals surface area contributed by atoms with E-state index in [4.69, 9.17) is 42.3 Å². The minimum Gasteiger partial charge on any atom is -0.488 e. The highest BCUT2D eigenvalue weighted by atomic mass is 19.1. The monoisotopic (exact) mass is 1030 g/mol. The van der Waals surface area contributed by atoms with E-state index in [1.165, 1.54) is 29.2 Å². The summed E-state index contributed by atoms with van der Waals surface area (Å²) in [4.78, 5) is 98.1. The van der Waals surface area contributed by atoms with Gasteiger partial charge in [0.1, 0.15) is 55.7 Å². The third-order valence-corrected chi connectivity index (χ3v) is 9.78. The summed E-state index contributed by atoms with van der Waals surface area (Å²) in [6, 6.07) is 12.8. The van der Waals surface area contributed by atoms with Gasteiger partial charge in [0.05, 0.1) is 17.9 Å². The number of carbonyl (C=O) groups excluding carboxylic acids is 6. The van der Waals surface area contributed by atoms with Crippen LogP contribution in [-0.4, -0.2) is 125 Å². The first kappa shape index (κ1) is 55.3. The van der Waals surface area contributed by atoms with Crippen molar-refractivity contribution < 1.29 is 104 Å². The number of rotatable bonds is 26. The lowest BCUT2D eigenvalue weighted by Crippen LogP contribution is -2.38. The van der Waals surface area contributed by atoms with Gasteiger partial charge in [-0.05, 0) is 54.4 Å². The maximum Gasteiger partial charge on any atom is 0.328 e. The van der Waals surface area contributed by atoms with Gasteiger partial charge >= 0.3 is 41.8 Å². The van der Waals surface area contributed by atoms with Crippen molar-refractivity contribution in [1.29, 1.82) is 0 Å². The molecule has 3 aromatic rings. The first-order valence-corrected chi connectivity index (χ1v) is 21.6. The van der Waals surface area contributed by atoms with Crippen LogP contribution in [-0.2, 0) is 66.7 Å². The minimum atomic E-state index is -1.75. The maximum absolute atomic E-state index is 15.8. The van der Waals surface area contributed by atoms with Crippen molar-refractivity contribution >= 4 is 64.1 Å². The Hall–Kier alpha value is -8.58. The van der Waals surface area contributed by atoms with Crippen molar-refractivity contribution in [3.8, 4) is 39.7 Å². The number of aliphatic hydroxyl groups is 1. The van der Waals surface area contributed by atoms with Gasteiger partial charge in [-0.2, -0.15) is 0 Å². The van der Waals surface area contributed by atoms with E-state index in [0.717, 1.165) is 56.9 Å². The number of esters is 6. The standard InChI is InChI=1S/C48H48F2N2O21/c1-26-6-8-36(52(20-46(61)71-24-67-29(4)55)21-47(62)72-25-68-30(5)56)42(12-26)63-10-11-64-43-13-31(7-9-37(43)51(18-44(58)59)19-45(60)70-23-66-28(3)54)48-32-14-34(49)38(57)16-39(32)73-40-17-41(35(50)15-33(40)48)69-22-65-27(2)53/h6-9,12-17,45,60H,10-11,18-25H2,1-5H3,(H,58,59). The van der Waals surface area contributed by atoms with Gasteiger partial charge in [-0.15, -0.1) is 0 Å². The van der Waals surface area contributed by atoms with Crippen LogP contribution in [0.1, 0.15) is 33.3 Å². The summed E-state index contributed by atoms with van der Waals surface area (Å²) in [6.07, 6.45) is -1.75. The molecule has 23 nitrogen and oxygen atoms in total. The lowest BCUT2D eigenvalue weighted by atomic mass is 9.93. The molecule has 1 unspecified atom stereocenters. The Morgan fingerprint density at radius 3 is 1.78 bits per heavy atom. The van der Waals surface area contributed by atoms with Gasteiger partial charge in [0.2, 0.25) is 25.8 Å². The third kappa shape index (κ3) is 16.5. The summed E-state index contributed by atoms with van der Waals surface area (Å²) in [7, 11) is 0. The smallest absolute Gasteiger partial charge is 0.328 e. The predicted octanol–water partition coefficient (Wildman–Crippen LogP) is 4.19. The first-order chi connectivity index (χ1) is 34.7. The number of aliphatic hydroxyl groups excluding tert-OH is 1. The highest BCUT2D eigenvalue weighted by molar-refractivity contribution is 6.02. The molecular formula is C48H48F2N2O21. The van der Waals surface area contributed by atoms with Gasteiger partial charge in [-0.3, -0.25) is 38.4 Å². The molecule has 73 heavy (non-hydrogen) atoms. The van der Waals surface area contributed by atoms with E-state index in [2.05, 4.69) is 9.47 Å². The number of aryl methyl sites for hydroxylation is 1. The second-order valence-electron chi connectivity index (χ2n) is 15.3. The van der Waals surface area contributed by atoms with Crippen LogP contribution in [0.15, 0.2) is 69.9 Å². The van der Waals surface area contributed by atoms with Crippen LogP contribution in [0.2, 0.25) is 0 Å². The molecule has 1 aliphatic carbocycles. The van der Waals surface area contributed by atoms with Crippen LogP contribution >= 0.6 is 0 Å². The SMILES string of the molecule is CC(=O)OCOC(=O)CN(CC(=O)OCOC(C)=O)c1ccc(C)cc1OCCOc1cc(-c2c3cc(F)c(=O)cc-3oc3cc(OCOC(C)=O)c(F)cc23)ccc1N(CC(=O)O)CC(O)OCOC(C)=O. The lowest BCUT2D eigenvalue weighted by molar-refractivity contribution is -0.180. The molecule has 0 saturated heterocycles. The van der Waals surface area contributed by atoms with Gasteiger partial charge < -0.3 is 71.8 Å². The molecule has 0 aromatic heterocycles. The van der Waals surface area contributed by atoms with E-state index < -0.39 is 124 Å². The molecule has 25 heteroatoms. The van der Waals surface area contributed by atoms with E-state index in [0.29, 0.717) is 5.56 Å². The number of hydrogen-bond donors (Lipinski definition) is 2. The maximum atomic E-state index is 15.8. The molecule has 1 heterocycles. The zero-order valence-corrected chi connectivity index (χ0v) is 39.7. The number of ether oxygens (including phenoxy) is 10. The van der Waals surface area contributed by atoms with Gasteiger partial charge in [0, 0.05) is 56.3 Å². The van der Waals surface area contributed by atoms with Gasteiger partial charge in [-0.25, -0.2) is 8.78 Å². The number of hydrogen-bond acceptors (Lipinski definition) is 22. The summed E-state index contributed by atoms with van der Waals surface area (Å²) in [6.45, 7) is 0.0918. The fourth-order valence-corrected chi connectivity index (χ4v) is 6.67. The van der Waals surface area contributed by atoms with Crippen LogP contribution in [0.3, 0.4) is 0 Å². The summed E-state index contributed by atoms with van der Waals surface area (Å²) in [5.74, 6) is -8.89. The van der Waals surface area contributed by atoms with Crippen molar-refractivity contribution in [3.63, 3.8) is 0 Å². The Morgan fingerprint density at radius 2 is 1.18 bits per heavy atom. The number of halogens is 2. The summed E-state index contributed by atoms with van der Waals surface area (Å²) in [5.41, 5.74) is -0.0702. The van der Waals surface area contributed by atoms with E-state index >= 15 is 8.78 Å². The highest BCUT2D eigenvalue weighted by Crippen LogP contribution is 2.44. The van der Waals surface area contributed by atoms with Gasteiger partial charge in [-0.1, -0.05) is 12.1 Å². The van der Waals surface area contributed by atoms with E-state index in [1.54, 1.807) is 19.1 Å². The normalized spacial score (nSPS) is 11.2. The van der Waals surface area contributed by atoms with E-state index in [9.17, 15) is 48.6 Å². The number of benzene rings is 4. The number of carboxylic acids is 1. The van der Waals surface area contributed by atoms with Crippen LogP contribution in [0.25, 0.3) is 33.4 Å². The number of carbonyl (C=O) groups is 7. The largest absolute Gasteiger partial charge is 0.488 e. The Kier molecular flexibility index (Phi) is 19.7. The van der Waals surface area contributed by atoms with Crippen LogP contribution in [0, 0.1) is 18.6 Å². The molecule has 0 radical (unpaired) electrons. The second-order valence-corrected chi connectivity index (χ2v) is 15.3. The van der Waals surface area contributed by atoms with Crippen molar-refractivity contribution in [2.24, 2.45) is 0 Å². The summed E-state index contributed by atoms with van der Waals surface area (Å²) in [5, 5.41) is 20.8. The van der Waals surface area contributed by atoms with Crippen molar-refractivity contribution in [2.75, 3.05) is 76.4 Å². The van der Waals surface area contributed by atoms with Crippen molar-refractivity contribution in [2.45, 2.75) is 40.9 Å². The van der Waals surface area contributed by atoms with Crippen molar-refractivity contribution in [3.05, 3.63) is 88.1 Å². The van der Waals surface area contributed by atoms with Crippen LogP contribution in [0.5, 0.6) is 17.2 Å². The average Bonchev–Trinajstić information content (AvgIpc) is 3.29. The van der Waals surface area contributed by atoms with E-state index in [-0.39, 0.29) is 69.5 Å². The lowest BCUT2D eigenvalue weighted by Gasteiger charge is -2.28. The molecule has 0 amide bonds. The molecule has 0 spiro atoms. The second kappa shape index (κ2) is 26.0. The fourth-order valence-electron chi connectivity index (χ4n) is 6.67. The fraction of sp³-hybridized carbons (Fsp3) is 0.333. The summed E-state index contributed by atoms with van der Waals surface area (Å²) >= 11 is 0. The molecule has 5 rings (SSSR count). The van der Waals surface area contributed by atoms with Crippen molar-refractivity contribution in [1.82, 2.24) is 0 Å². The van der Waals surface area contributed by atoms with Crippen LogP contribution < -0.4 is 29.4 Å². The Labute approximate surface area is 412 Å². The molecule has 0 bridgehead atoms. The Balaban J connectivity index is 1.56. The Bertz CT molecular complexity index is 2840. The Morgan fingerprint density at radius 1 is 0.616 bits per heavy atom. The number of anilines is 2. The first-order valence-electron chi connectivity index (χ1n) is 21.6. The molecule has 2 aliphatic rings. The molecule has 2 N–H and O–H groups in total. The van der Waals surface area contributed by atoms with Gasteiger partial charge in [0.25, 0.3) is 0 Å². The highest BCUT2D eigenvalue weighted by Gasteiger charge is 2.26. The number of aliphatic carboxylic acids is 1. The zero-order chi connectivity index (χ0) is 53.4. The number of carboxylic acid groups (broad SMARTS) is 1.